The summed E-state index contributed by atoms with van der Waals surface area (Å²) in [5.41, 5.74) is 2.18. The number of nitrogens with zero attached hydrogens (tertiary/aromatic N) is 4. The zero-order valence-corrected chi connectivity index (χ0v) is 14.8. The molecule has 0 saturated carbocycles. The monoisotopic (exact) mass is 332 g/mol. The van der Waals surface area contributed by atoms with Gasteiger partial charge in [0.15, 0.2) is 0 Å². The van der Waals surface area contributed by atoms with Gasteiger partial charge in [0.1, 0.15) is 0 Å². The van der Waals surface area contributed by atoms with Crippen molar-refractivity contribution in [1.82, 2.24) is 19.8 Å². The summed E-state index contributed by atoms with van der Waals surface area (Å²) in [6, 6.07) is 0. The van der Waals surface area contributed by atoms with Gasteiger partial charge in [-0.3, -0.25) is 14.8 Å². The van der Waals surface area contributed by atoms with Gasteiger partial charge in [-0.15, -0.1) is 0 Å². The molecule has 0 unspecified atom stereocenters. The van der Waals surface area contributed by atoms with Gasteiger partial charge >= 0.3 is 0 Å². The van der Waals surface area contributed by atoms with Gasteiger partial charge in [0.2, 0.25) is 5.91 Å². The van der Waals surface area contributed by atoms with Crippen LogP contribution >= 0.6 is 0 Å². The summed E-state index contributed by atoms with van der Waals surface area (Å²) in [5.74, 6) is 0.896. The van der Waals surface area contributed by atoms with Gasteiger partial charge in [-0.25, -0.2) is 0 Å². The van der Waals surface area contributed by atoms with Crippen molar-refractivity contribution in [2.24, 2.45) is 5.92 Å². The van der Waals surface area contributed by atoms with Crippen LogP contribution in [0.5, 0.6) is 0 Å². The summed E-state index contributed by atoms with van der Waals surface area (Å²) in [6.07, 6.45) is 7.26. The minimum Gasteiger partial charge on any atom is -0.381 e. The van der Waals surface area contributed by atoms with Crippen LogP contribution in [-0.2, 0) is 16.1 Å². The van der Waals surface area contributed by atoms with E-state index < -0.39 is 0 Å². The minimum atomic E-state index is 0.163. The van der Waals surface area contributed by atoms with Crippen molar-refractivity contribution in [2.75, 3.05) is 40.4 Å². The average molecular weight is 332 g/mol. The molecular weight excluding hydrogens is 304 g/mol. The lowest BCUT2D eigenvalue weighted by atomic mass is 9.90. The summed E-state index contributed by atoms with van der Waals surface area (Å²) in [5, 5.41) is 0. The second-order valence-electron chi connectivity index (χ2n) is 7.11. The van der Waals surface area contributed by atoms with E-state index in [-0.39, 0.29) is 5.92 Å². The van der Waals surface area contributed by atoms with Crippen LogP contribution in [0, 0.1) is 5.92 Å². The molecule has 6 heteroatoms. The summed E-state index contributed by atoms with van der Waals surface area (Å²) in [6.45, 7) is 3.92. The molecule has 0 bridgehead atoms. The second kappa shape index (κ2) is 8.03. The molecule has 2 aliphatic rings. The third-order valence-electron chi connectivity index (χ3n) is 5.04. The molecule has 6 nitrogen and oxygen atoms in total. The predicted octanol–water partition coefficient (Wildman–Crippen LogP) is 1.67. The SMILES string of the molecule is CN(C)Cc1nccnc1C1CCN(C(=O)C2CCOCC2)CC1. The molecule has 2 aliphatic heterocycles. The van der Waals surface area contributed by atoms with Crippen LogP contribution in [0.4, 0.5) is 0 Å². The molecule has 3 rings (SSSR count). The van der Waals surface area contributed by atoms with E-state index in [0.29, 0.717) is 11.8 Å². The van der Waals surface area contributed by atoms with Crippen LogP contribution in [0.25, 0.3) is 0 Å². The Morgan fingerprint density at radius 3 is 2.50 bits per heavy atom. The summed E-state index contributed by atoms with van der Waals surface area (Å²) >= 11 is 0. The zero-order valence-electron chi connectivity index (χ0n) is 14.8. The van der Waals surface area contributed by atoms with E-state index in [0.717, 1.165) is 69.9 Å². The van der Waals surface area contributed by atoms with E-state index in [2.05, 4.69) is 19.8 Å². The number of hydrogen-bond acceptors (Lipinski definition) is 5. The third-order valence-corrected chi connectivity index (χ3v) is 5.04. The number of carbonyl (C=O) groups excluding carboxylic acids is 1. The Kier molecular flexibility index (Phi) is 5.79. The maximum absolute atomic E-state index is 12.6. The van der Waals surface area contributed by atoms with Crippen LogP contribution in [0.15, 0.2) is 12.4 Å². The van der Waals surface area contributed by atoms with Crippen molar-refractivity contribution in [3.63, 3.8) is 0 Å². The minimum absolute atomic E-state index is 0.163. The number of likely N-dealkylation sites (tertiary alicyclic amines) is 1. The molecule has 3 heterocycles. The van der Waals surface area contributed by atoms with E-state index in [9.17, 15) is 4.79 Å². The molecule has 2 fully saturated rings. The molecule has 1 aromatic heterocycles. The highest BCUT2D eigenvalue weighted by Crippen LogP contribution is 2.30. The Morgan fingerprint density at radius 1 is 1.17 bits per heavy atom. The molecule has 0 aromatic carbocycles. The number of amides is 1. The summed E-state index contributed by atoms with van der Waals surface area (Å²) < 4.78 is 5.37. The maximum Gasteiger partial charge on any atom is 0.225 e. The normalized spacial score (nSPS) is 20.5. The molecule has 0 atom stereocenters. The predicted molar refractivity (Wildman–Crippen MR) is 91.5 cm³/mol. The molecule has 0 spiro atoms. The van der Waals surface area contributed by atoms with Gasteiger partial charge in [-0.1, -0.05) is 0 Å². The van der Waals surface area contributed by atoms with Crippen LogP contribution in [0.1, 0.15) is 43.0 Å². The van der Waals surface area contributed by atoms with Crippen LogP contribution in [-0.4, -0.2) is 66.1 Å². The first-order valence-corrected chi connectivity index (χ1v) is 8.96. The van der Waals surface area contributed by atoms with Gasteiger partial charge in [-0.05, 0) is 39.8 Å². The lowest BCUT2D eigenvalue weighted by Crippen LogP contribution is -2.43. The average Bonchev–Trinajstić information content (AvgIpc) is 2.62. The molecule has 0 radical (unpaired) electrons. The number of ether oxygens (including phenoxy) is 1. The lowest BCUT2D eigenvalue weighted by molar-refractivity contribution is -0.139. The Bertz CT molecular complexity index is 550. The second-order valence-corrected chi connectivity index (χ2v) is 7.11. The highest BCUT2D eigenvalue weighted by molar-refractivity contribution is 5.79. The van der Waals surface area contributed by atoms with Crippen molar-refractivity contribution < 1.29 is 9.53 Å². The maximum atomic E-state index is 12.6. The molecular formula is C18H28N4O2. The number of piperidine rings is 1. The first kappa shape index (κ1) is 17.3. The molecule has 0 N–H and O–H groups in total. The zero-order chi connectivity index (χ0) is 16.9. The largest absolute Gasteiger partial charge is 0.381 e. The van der Waals surface area contributed by atoms with Crippen molar-refractivity contribution in [1.29, 1.82) is 0 Å². The van der Waals surface area contributed by atoms with Crippen LogP contribution in [0.2, 0.25) is 0 Å². The van der Waals surface area contributed by atoms with Gasteiger partial charge < -0.3 is 14.5 Å². The summed E-state index contributed by atoms with van der Waals surface area (Å²) in [7, 11) is 4.10. The Hall–Kier alpha value is -1.53. The molecule has 2 saturated heterocycles. The van der Waals surface area contributed by atoms with Crippen molar-refractivity contribution in [3.05, 3.63) is 23.8 Å². The fourth-order valence-corrected chi connectivity index (χ4v) is 3.72. The fraction of sp³-hybridized carbons (Fsp3) is 0.722. The number of rotatable bonds is 4. The molecule has 24 heavy (non-hydrogen) atoms. The highest BCUT2D eigenvalue weighted by Gasteiger charge is 2.31. The van der Waals surface area contributed by atoms with E-state index in [1.807, 2.05) is 14.1 Å². The first-order chi connectivity index (χ1) is 11.6. The molecule has 1 aromatic rings. The molecule has 132 valence electrons. The van der Waals surface area contributed by atoms with Crippen LogP contribution in [0.3, 0.4) is 0 Å². The van der Waals surface area contributed by atoms with Gasteiger partial charge in [0.05, 0.1) is 11.4 Å². The quantitative estimate of drug-likeness (QED) is 0.839. The topological polar surface area (TPSA) is 58.6 Å². The Morgan fingerprint density at radius 2 is 1.83 bits per heavy atom. The molecule has 0 aliphatic carbocycles. The Balaban J connectivity index is 1.60. The smallest absolute Gasteiger partial charge is 0.225 e. The van der Waals surface area contributed by atoms with E-state index in [1.54, 1.807) is 12.4 Å². The summed E-state index contributed by atoms with van der Waals surface area (Å²) in [4.78, 5) is 25.9. The molecule has 1 amide bonds. The number of carbonyl (C=O) groups is 1. The van der Waals surface area contributed by atoms with Crippen molar-refractivity contribution in [3.8, 4) is 0 Å². The van der Waals surface area contributed by atoms with Gasteiger partial charge in [0.25, 0.3) is 0 Å². The van der Waals surface area contributed by atoms with Gasteiger partial charge in [-0.2, -0.15) is 0 Å². The van der Waals surface area contributed by atoms with Gasteiger partial charge in [0, 0.05) is 57.1 Å². The number of aromatic nitrogens is 2. The third kappa shape index (κ3) is 4.11. The first-order valence-electron chi connectivity index (χ1n) is 8.96. The Labute approximate surface area is 144 Å². The fourth-order valence-electron chi connectivity index (χ4n) is 3.72. The lowest BCUT2D eigenvalue weighted by Gasteiger charge is -2.35. The van der Waals surface area contributed by atoms with Crippen molar-refractivity contribution >= 4 is 5.91 Å². The van der Waals surface area contributed by atoms with E-state index in [1.165, 1.54) is 0 Å². The van der Waals surface area contributed by atoms with Crippen LogP contribution < -0.4 is 0 Å². The standard InChI is InChI=1S/C18H28N4O2/c1-21(2)13-16-17(20-8-7-19-16)14-3-9-22(10-4-14)18(23)15-5-11-24-12-6-15/h7-8,14-15H,3-6,9-13H2,1-2H3. The van der Waals surface area contributed by atoms with Crippen molar-refractivity contribution in [2.45, 2.75) is 38.1 Å². The number of hydrogen-bond donors (Lipinski definition) is 0. The van der Waals surface area contributed by atoms with E-state index in [4.69, 9.17) is 4.74 Å². The highest BCUT2D eigenvalue weighted by atomic mass is 16.5. The van der Waals surface area contributed by atoms with E-state index >= 15 is 0 Å².